The van der Waals surface area contributed by atoms with Gasteiger partial charge in [-0.05, 0) is 18.2 Å². The molecule has 0 saturated heterocycles. The van der Waals surface area contributed by atoms with E-state index in [4.69, 9.17) is 0 Å². The lowest BCUT2D eigenvalue weighted by Crippen LogP contribution is -1.95. The van der Waals surface area contributed by atoms with E-state index in [0.717, 1.165) is 33.4 Å². The number of aromatic amines is 1. The number of halogens is 1. The van der Waals surface area contributed by atoms with Crippen LogP contribution < -0.4 is 5.32 Å². The number of rotatable bonds is 2. The zero-order valence-electron chi connectivity index (χ0n) is 11.1. The number of anilines is 2. The lowest BCUT2D eigenvalue weighted by atomic mass is 10.2. The lowest BCUT2D eigenvalue weighted by Gasteiger charge is -2.08. The molecular weight excluding hydrogens is 284 g/mol. The number of imidazole rings is 1. The average molecular weight is 297 g/mol. The van der Waals surface area contributed by atoms with E-state index < -0.39 is 0 Å². The van der Waals surface area contributed by atoms with Crippen LogP contribution in [0.1, 0.15) is 0 Å². The van der Waals surface area contributed by atoms with E-state index in [1.54, 1.807) is 6.33 Å². The molecule has 0 spiro atoms. The van der Waals surface area contributed by atoms with Gasteiger partial charge in [0.15, 0.2) is 5.82 Å². The minimum atomic E-state index is 0. The molecule has 4 rings (SSSR count). The summed E-state index contributed by atoms with van der Waals surface area (Å²) in [5.74, 6) is 0.794. The normalized spacial score (nSPS) is 10.5. The van der Waals surface area contributed by atoms with Crippen molar-refractivity contribution in [2.75, 3.05) is 5.32 Å². The minimum Gasteiger partial charge on any atom is -0.342 e. The predicted molar refractivity (Wildman–Crippen MR) is 88.4 cm³/mol. The summed E-state index contributed by atoms with van der Waals surface area (Å²) < 4.78 is 0. The molecule has 0 radical (unpaired) electrons. The highest BCUT2D eigenvalue weighted by molar-refractivity contribution is 6.06. The van der Waals surface area contributed by atoms with Crippen molar-refractivity contribution >= 4 is 45.8 Å². The highest BCUT2D eigenvalue weighted by atomic mass is 35.5. The number of aromatic nitrogens is 3. The highest BCUT2D eigenvalue weighted by Gasteiger charge is 2.10. The largest absolute Gasteiger partial charge is 0.342 e. The van der Waals surface area contributed by atoms with E-state index in [9.17, 15) is 0 Å². The number of nitrogens with one attached hydrogen (secondary N) is 2. The number of H-pyrrole nitrogens is 1. The van der Waals surface area contributed by atoms with Gasteiger partial charge >= 0.3 is 0 Å². The first kappa shape index (κ1) is 13.4. The number of hydrogen-bond acceptors (Lipinski definition) is 3. The Kier molecular flexibility index (Phi) is 3.46. The van der Waals surface area contributed by atoms with Gasteiger partial charge in [-0.2, -0.15) is 0 Å². The first-order valence-corrected chi connectivity index (χ1v) is 6.46. The van der Waals surface area contributed by atoms with Crippen molar-refractivity contribution in [1.29, 1.82) is 0 Å². The van der Waals surface area contributed by atoms with E-state index in [2.05, 4.69) is 20.3 Å². The fourth-order valence-electron chi connectivity index (χ4n) is 2.38. The smallest absolute Gasteiger partial charge is 0.157 e. The maximum Gasteiger partial charge on any atom is 0.157 e. The number of fused-ring (bicyclic) bond motifs is 3. The summed E-state index contributed by atoms with van der Waals surface area (Å²) in [5.41, 5.74) is 3.80. The van der Waals surface area contributed by atoms with Gasteiger partial charge < -0.3 is 10.3 Å². The number of hydrogen-bond donors (Lipinski definition) is 2. The second kappa shape index (κ2) is 5.42. The van der Waals surface area contributed by atoms with Crippen LogP contribution in [-0.4, -0.2) is 15.0 Å². The van der Waals surface area contributed by atoms with Crippen molar-refractivity contribution in [2.24, 2.45) is 0 Å². The van der Waals surface area contributed by atoms with Crippen molar-refractivity contribution in [1.82, 2.24) is 15.0 Å². The third-order valence-electron chi connectivity index (χ3n) is 3.30. The summed E-state index contributed by atoms with van der Waals surface area (Å²) in [4.78, 5) is 12.3. The molecule has 21 heavy (non-hydrogen) atoms. The van der Waals surface area contributed by atoms with E-state index in [1.165, 1.54) is 0 Å². The Morgan fingerprint density at radius 3 is 2.52 bits per heavy atom. The molecule has 0 saturated carbocycles. The summed E-state index contributed by atoms with van der Waals surface area (Å²) in [6.07, 6.45) is 1.70. The molecule has 2 N–H and O–H groups in total. The fraction of sp³-hybridized carbons (Fsp3) is 0. The van der Waals surface area contributed by atoms with Crippen molar-refractivity contribution in [3.63, 3.8) is 0 Å². The van der Waals surface area contributed by atoms with Gasteiger partial charge in [-0.15, -0.1) is 12.4 Å². The van der Waals surface area contributed by atoms with Gasteiger partial charge in [0.05, 0.1) is 11.8 Å². The van der Waals surface area contributed by atoms with Crippen LogP contribution in [0.2, 0.25) is 0 Å². The Morgan fingerprint density at radius 2 is 1.67 bits per heavy atom. The molecule has 4 nitrogen and oxygen atoms in total. The maximum atomic E-state index is 4.69. The van der Waals surface area contributed by atoms with Crippen LogP contribution in [0.3, 0.4) is 0 Å². The van der Waals surface area contributed by atoms with Crippen LogP contribution in [0.5, 0.6) is 0 Å². The first-order chi connectivity index (χ1) is 9.92. The minimum absolute atomic E-state index is 0. The molecule has 0 aliphatic heterocycles. The van der Waals surface area contributed by atoms with E-state index in [1.807, 2.05) is 54.6 Å². The summed E-state index contributed by atoms with van der Waals surface area (Å²) in [5, 5.41) is 4.40. The van der Waals surface area contributed by atoms with Gasteiger partial charge in [0, 0.05) is 11.1 Å². The molecule has 2 aromatic heterocycles. The zero-order chi connectivity index (χ0) is 13.4. The standard InChI is InChI=1S/C16H12N4.ClH/c1-2-6-11(7-3-1)19-16-15-14(17-10-18-15)12-8-4-5-9-13(12)20-16;/h1-10H,(H,17,18)(H,19,20);1H. The van der Waals surface area contributed by atoms with Crippen LogP contribution in [0.15, 0.2) is 60.9 Å². The van der Waals surface area contributed by atoms with Crippen LogP contribution >= 0.6 is 12.4 Å². The Bertz CT molecular complexity index is 886. The molecule has 0 atom stereocenters. The summed E-state index contributed by atoms with van der Waals surface area (Å²) >= 11 is 0. The molecular formula is C16H13ClN4. The Morgan fingerprint density at radius 1 is 0.905 bits per heavy atom. The monoisotopic (exact) mass is 296 g/mol. The summed E-state index contributed by atoms with van der Waals surface area (Å²) in [6.45, 7) is 0. The SMILES string of the molecule is Cl.c1ccc(Nc2nc3ccccc3c3nc[nH]c23)cc1. The molecule has 2 aromatic carbocycles. The van der Waals surface area contributed by atoms with Crippen LogP contribution in [0.4, 0.5) is 11.5 Å². The lowest BCUT2D eigenvalue weighted by molar-refractivity contribution is 1.33. The first-order valence-electron chi connectivity index (χ1n) is 6.46. The molecule has 0 unspecified atom stereocenters. The fourth-order valence-corrected chi connectivity index (χ4v) is 2.38. The van der Waals surface area contributed by atoms with Gasteiger partial charge in [-0.1, -0.05) is 36.4 Å². The van der Waals surface area contributed by atoms with Gasteiger partial charge in [0.25, 0.3) is 0 Å². The van der Waals surface area contributed by atoms with Crippen LogP contribution in [0, 0.1) is 0 Å². The molecule has 104 valence electrons. The third kappa shape index (κ3) is 2.30. The van der Waals surface area contributed by atoms with Gasteiger partial charge in [0.2, 0.25) is 0 Å². The summed E-state index contributed by atoms with van der Waals surface area (Å²) in [7, 11) is 0. The molecule has 0 aliphatic carbocycles. The van der Waals surface area contributed by atoms with Crippen molar-refractivity contribution < 1.29 is 0 Å². The predicted octanol–water partition coefficient (Wildman–Crippen LogP) is 4.28. The maximum absolute atomic E-state index is 4.69. The van der Waals surface area contributed by atoms with Crippen molar-refractivity contribution in [3.05, 3.63) is 60.9 Å². The van der Waals surface area contributed by atoms with Gasteiger partial charge in [-0.25, -0.2) is 9.97 Å². The molecule has 0 fully saturated rings. The number of benzene rings is 2. The van der Waals surface area contributed by atoms with Crippen LogP contribution in [0.25, 0.3) is 21.9 Å². The molecule has 0 amide bonds. The van der Waals surface area contributed by atoms with E-state index >= 15 is 0 Å². The Balaban J connectivity index is 0.00000132. The molecule has 0 bridgehead atoms. The number of nitrogens with zero attached hydrogens (tertiary/aromatic N) is 2. The zero-order valence-corrected chi connectivity index (χ0v) is 11.9. The second-order valence-electron chi connectivity index (χ2n) is 4.59. The van der Waals surface area contributed by atoms with Gasteiger partial charge in [0.1, 0.15) is 11.0 Å². The molecule has 5 heteroatoms. The van der Waals surface area contributed by atoms with E-state index in [0.29, 0.717) is 0 Å². The van der Waals surface area contributed by atoms with Crippen LogP contribution in [-0.2, 0) is 0 Å². The molecule has 4 aromatic rings. The highest BCUT2D eigenvalue weighted by Crippen LogP contribution is 2.28. The van der Waals surface area contributed by atoms with Gasteiger partial charge in [-0.3, -0.25) is 0 Å². The topological polar surface area (TPSA) is 53.6 Å². The average Bonchev–Trinajstić information content (AvgIpc) is 2.98. The quantitative estimate of drug-likeness (QED) is 0.580. The van der Waals surface area contributed by atoms with E-state index in [-0.39, 0.29) is 12.4 Å². The second-order valence-corrected chi connectivity index (χ2v) is 4.59. The third-order valence-corrected chi connectivity index (χ3v) is 3.30. The molecule has 2 heterocycles. The number of para-hydroxylation sites is 2. The summed E-state index contributed by atoms with van der Waals surface area (Å²) in [6, 6.07) is 18.0. The van der Waals surface area contributed by atoms with Crippen molar-refractivity contribution in [2.45, 2.75) is 0 Å². The van der Waals surface area contributed by atoms with Crippen molar-refractivity contribution in [3.8, 4) is 0 Å². The molecule has 0 aliphatic rings. The Labute approximate surface area is 127 Å². The Hall–Kier alpha value is -2.59. The number of pyridine rings is 1.